The molecule has 1 saturated heterocycles. The highest BCUT2D eigenvalue weighted by atomic mass is 32.2. The Labute approximate surface area is 116 Å². The molecule has 1 amide bonds. The molecule has 0 spiro atoms. The zero-order chi connectivity index (χ0) is 13.7. The maximum Gasteiger partial charge on any atom is 0.239 e. The van der Waals surface area contributed by atoms with Crippen LogP contribution in [-0.2, 0) is 4.79 Å². The lowest BCUT2D eigenvalue weighted by molar-refractivity contribution is -0.118. The highest BCUT2D eigenvalue weighted by molar-refractivity contribution is 8.15. The minimum Gasteiger partial charge on any atom is -0.494 e. The molecule has 1 heterocycles. The molecular weight excluding hydrogens is 262 g/mol. The van der Waals surface area contributed by atoms with Gasteiger partial charge in [-0.2, -0.15) is 5.10 Å². The molecule has 1 aliphatic rings. The molecule has 2 rings (SSSR count). The maximum absolute atomic E-state index is 11.2. The van der Waals surface area contributed by atoms with E-state index in [0.29, 0.717) is 11.8 Å². The van der Waals surface area contributed by atoms with Crippen LogP contribution in [0.25, 0.3) is 0 Å². The molecular formula is C13H15N3O2S. The minimum atomic E-state index is -0.0978. The SMILES string of the molecule is CCOc1ccc(/C=N\N=C2\NC(=O)[C@H](C)S2)cc1. The van der Waals surface area contributed by atoms with Crippen LogP contribution in [0.2, 0.25) is 0 Å². The summed E-state index contributed by atoms with van der Waals surface area (Å²) in [5.41, 5.74) is 0.926. The van der Waals surface area contributed by atoms with E-state index in [1.807, 2.05) is 38.1 Å². The first-order valence-electron chi connectivity index (χ1n) is 6.00. The number of amides is 1. The molecule has 5 nitrogen and oxygen atoms in total. The fourth-order valence-electron chi connectivity index (χ4n) is 1.47. The average Bonchev–Trinajstić information content (AvgIpc) is 2.71. The van der Waals surface area contributed by atoms with Crippen molar-refractivity contribution in [3.63, 3.8) is 0 Å². The molecule has 0 saturated carbocycles. The monoisotopic (exact) mass is 277 g/mol. The summed E-state index contributed by atoms with van der Waals surface area (Å²) in [6.07, 6.45) is 1.64. The Bertz CT molecular complexity index is 511. The number of rotatable bonds is 4. The molecule has 100 valence electrons. The van der Waals surface area contributed by atoms with Gasteiger partial charge in [-0.3, -0.25) is 4.79 Å². The second-order valence-electron chi connectivity index (χ2n) is 3.90. The van der Waals surface area contributed by atoms with Gasteiger partial charge < -0.3 is 10.1 Å². The smallest absolute Gasteiger partial charge is 0.239 e. The van der Waals surface area contributed by atoms with Gasteiger partial charge in [-0.25, -0.2) is 0 Å². The third-order valence-corrected chi connectivity index (χ3v) is 3.41. The zero-order valence-electron chi connectivity index (χ0n) is 10.8. The summed E-state index contributed by atoms with van der Waals surface area (Å²) in [5, 5.41) is 11.0. The molecule has 0 radical (unpaired) electrons. The molecule has 19 heavy (non-hydrogen) atoms. The molecule has 1 fully saturated rings. The van der Waals surface area contributed by atoms with Crippen molar-refractivity contribution in [1.29, 1.82) is 0 Å². The van der Waals surface area contributed by atoms with Crippen LogP contribution < -0.4 is 10.1 Å². The van der Waals surface area contributed by atoms with E-state index in [1.165, 1.54) is 11.8 Å². The third-order valence-electron chi connectivity index (χ3n) is 2.43. The van der Waals surface area contributed by atoms with E-state index in [0.717, 1.165) is 11.3 Å². The molecule has 6 heteroatoms. The number of hydrogen-bond acceptors (Lipinski definition) is 5. The van der Waals surface area contributed by atoms with Crippen LogP contribution in [0, 0.1) is 0 Å². The fraction of sp³-hybridized carbons (Fsp3) is 0.308. The first-order chi connectivity index (χ1) is 9.19. The lowest BCUT2D eigenvalue weighted by Crippen LogP contribution is -2.23. The topological polar surface area (TPSA) is 63.1 Å². The van der Waals surface area contributed by atoms with Crippen molar-refractivity contribution < 1.29 is 9.53 Å². The van der Waals surface area contributed by atoms with Crippen molar-refractivity contribution in [2.24, 2.45) is 10.2 Å². The lowest BCUT2D eigenvalue weighted by atomic mass is 10.2. The number of thioether (sulfide) groups is 1. The van der Waals surface area contributed by atoms with Crippen LogP contribution in [0.15, 0.2) is 34.5 Å². The van der Waals surface area contributed by atoms with Gasteiger partial charge in [0.2, 0.25) is 5.91 Å². The van der Waals surface area contributed by atoms with E-state index >= 15 is 0 Å². The summed E-state index contributed by atoms with van der Waals surface area (Å²) < 4.78 is 5.35. The van der Waals surface area contributed by atoms with Crippen LogP contribution in [0.4, 0.5) is 0 Å². The summed E-state index contributed by atoms with van der Waals surface area (Å²) in [5.74, 6) is 0.804. The lowest BCUT2D eigenvalue weighted by Gasteiger charge is -2.01. The Morgan fingerprint density at radius 3 is 2.74 bits per heavy atom. The maximum atomic E-state index is 11.2. The first-order valence-corrected chi connectivity index (χ1v) is 6.88. The van der Waals surface area contributed by atoms with Gasteiger partial charge in [-0.1, -0.05) is 11.8 Å². The van der Waals surface area contributed by atoms with E-state index in [1.54, 1.807) is 6.21 Å². The number of hydrogen-bond donors (Lipinski definition) is 1. The zero-order valence-corrected chi connectivity index (χ0v) is 11.6. The number of nitrogens with one attached hydrogen (secondary N) is 1. The second-order valence-corrected chi connectivity index (χ2v) is 5.23. The first kappa shape index (κ1) is 13.6. The summed E-state index contributed by atoms with van der Waals surface area (Å²) in [4.78, 5) is 11.2. The summed E-state index contributed by atoms with van der Waals surface area (Å²) in [7, 11) is 0. The Morgan fingerprint density at radius 1 is 1.42 bits per heavy atom. The molecule has 1 aromatic carbocycles. The van der Waals surface area contributed by atoms with Gasteiger partial charge in [-0.05, 0) is 43.7 Å². The Hall–Kier alpha value is -1.82. The molecule has 1 aliphatic heterocycles. The van der Waals surface area contributed by atoms with Crippen molar-refractivity contribution in [3.05, 3.63) is 29.8 Å². The molecule has 1 atom stereocenters. The third kappa shape index (κ3) is 3.82. The number of carbonyl (C=O) groups is 1. The highest BCUT2D eigenvalue weighted by Crippen LogP contribution is 2.18. The van der Waals surface area contributed by atoms with Crippen LogP contribution in [0.5, 0.6) is 5.75 Å². The van der Waals surface area contributed by atoms with Crippen molar-refractivity contribution in [2.75, 3.05) is 6.61 Å². The van der Waals surface area contributed by atoms with E-state index in [4.69, 9.17) is 4.74 Å². The minimum absolute atomic E-state index is 0.0278. The number of ether oxygens (including phenoxy) is 1. The molecule has 0 bridgehead atoms. The normalized spacial score (nSPS) is 21.1. The van der Waals surface area contributed by atoms with Gasteiger partial charge in [0.25, 0.3) is 0 Å². The summed E-state index contributed by atoms with van der Waals surface area (Å²) in [6, 6.07) is 7.56. The van der Waals surface area contributed by atoms with Gasteiger partial charge in [0.15, 0.2) is 5.17 Å². The number of amidine groups is 1. The molecule has 1 N–H and O–H groups in total. The van der Waals surface area contributed by atoms with Crippen molar-refractivity contribution in [2.45, 2.75) is 19.1 Å². The Balaban J connectivity index is 1.95. The molecule has 1 aromatic rings. The van der Waals surface area contributed by atoms with Crippen molar-refractivity contribution in [1.82, 2.24) is 5.32 Å². The van der Waals surface area contributed by atoms with E-state index in [9.17, 15) is 4.79 Å². The molecule has 0 aliphatic carbocycles. The molecule has 0 unspecified atom stereocenters. The van der Waals surface area contributed by atoms with E-state index in [2.05, 4.69) is 15.5 Å². The number of benzene rings is 1. The highest BCUT2D eigenvalue weighted by Gasteiger charge is 2.25. The summed E-state index contributed by atoms with van der Waals surface area (Å²) >= 11 is 1.37. The van der Waals surface area contributed by atoms with Crippen LogP contribution in [0.3, 0.4) is 0 Å². The fourth-order valence-corrected chi connectivity index (χ4v) is 2.23. The Kier molecular flexibility index (Phi) is 4.57. The number of carbonyl (C=O) groups excluding carboxylic acids is 1. The van der Waals surface area contributed by atoms with Gasteiger partial charge in [0.1, 0.15) is 5.75 Å². The van der Waals surface area contributed by atoms with E-state index < -0.39 is 0 Å². The molecule has 0 aromatic heterocycles. The second kappa shape index (κ2) is 6.38. The van der Waals surface area contributed by atoms with Gasteiger partial charge in [-0.15, -0.1) is 5.10 Å². The largest absolute Gasteiger partial charge is 0.494 e. The van der Waals surface area contributed by atoms with Crippen LogP contribution in [-0.4, -0.2) is 29.1 Å². The predicted octanol–water partition coefficient (Wildman–Crippen LogP) is 2.03. The van der Waals surface area contributed by atoms with Crippen LogP contribution in [0.1, 0.15) is 19.4 Å². The van der Waals surface area contributed by atoms with Gasteiger partial charge >= 0.3 is 0 Å². The summed E-state index contributed by atoms with van der Waals surface area (Å²) in [6.45, 7) is 4.43. The standard InChI is InChI=1S/C13H15N3O2S/c1-3-18-11-6-4-10(5-7-11)8-14-16-13-15-12(17)9(2)19-13/h4-9H,3H2,1-2H3,(H,15,16,17)/b14-8-/t9-/m0/s1. The van der Waals surface area contributed by atoms with Crippen molar-refractivity contribution >= 4 is 29.1 Å². The van der Waals surface area contributed by atoms with Crippen molar-refractivity contribution in [3.8, 4) is 5.75 Å². The van der Waals surface area contributed by atoms with Gasteiger partial charge in [0.05, 0.1) is 18.1 Å². The Morgan fingerprint density at radius 2 is 2.16 bits per heavy atom. The predicted molar refractivity (Wildman–Crippen MR) is 77.8 cm³/mol. The average molecular weight is 277 g/mol. The quantitative estimate of drug-likeness (QED) is 0.676. The van der Waals surface area contributed by atoms with Gasteiger partial charge in [0, 0.05) is 0 Å². The van der Waals surface area contributed by atoms with Crippen LogP contribution >= 0.6 is 11.8 Å². The van der Waals surface area contributed by atoms with E-state index in [-0.39, 0.29) is 11.2 Å². The number of nitrogens with zero attached hydrogens (tertiary/aromatic N) is 2.